The van der Waals surface area contributed by atoms with Gasteiger partial charge in [-0.1, -0.05) is 11.9 Å². The van der Waals surface area contributed by atoms with Gasteiger partial charge in [-0.15, -0.1) is 0 Å². The Morgan fingerprint density at radius 1 is 1.25 bits per heavy atom. The van der Waals surface area contributed by atoms with Crippen molar-refractivity contribution in [1.82, 2.24) is 14.3 Å². The lowest BCUT2D eigenvalue weighted by atomic mass is 9.90. The monoisotopic (exact) mass is 339 g/mol. The van der Waals surface area contributed by atoms with Crippen LogP contribution in [0.4, 0.5) is 11.6 Å². The standard InChI is InChI=1S/C18H21N5S/c1-13-9-16(15-4-7-23(24-2)8-5-15)11-18(21-13)22-17-10-14(12-19)3-6-20-17/h3,6,9-11,15H,4-5,7-8H2,1-2H3,(H,20,21,22). The van der Waals surface area contributed by atoms with Crippen LogP contribution in [-0.4, -0.2) is 33.6 Å². The van der Waals surface area contributed by atoms with E-state index in [1.54, 1.807) is 18.3 Å². The van der Waals surface area contributed by atoms with Gasteiger partial charge in [-0.05, 0) is 61.8 Å². The third-order valence-corrected chi connectivity index (χ3v) is 5.19. The van der Waals surface area contributed by atoms with Crippen LogP contribution in [0, 0.1) is 18.3 Å². The van der Waals surface area contributed by atoms with Crippen LogP contribution in [0.25, 0.3) is 0 Å². The topological polar surface area (TPSA) is 64.8 Å². The predicted molar refractivity (Wildman–Crippen MR) is 98.3 cm³/mol. The van der Waals surface area contributed by atoms with Gasteiger partial charge in [0.05, 0.1) is 11.6 Å². The minimum absolute atomic E-state index is 0.578. The Bertz CT molecular complexity index is 747. The molecule has 0 aromatic carbocycles. The van der Waals surface area contributed by atoms with Crippen molar-refractivity contribution in [3.63, 3.8) is 0 Å². The van der Waals surface area contributed by atoms with E-state index in [2.05, 4.69) is 44.0 Å². The second-order valence-corrected chi connectivity index (χ2v) is 6.86. The minimum atomic E-state index is 0.578. The van der Waals surface area contributed by atoms with Crippen LogP contribution in [0.3, 0.4) is 0 Å². The zero-order chi connectivity index (χ0) is 16.9. The first kappa shape index (κ1) is 16.7. The molecule has 5 nitrogen and oxygen atoms in total. The van der Waals surface area contributed by atoms with Crippen molar-refractivity contribution in [2.45, 2.75) is 25.7 Å². The molecular formula is C18H21N5S. The molecule has 2 aromatic heterocycles. The first-order valence-corrected chi connectivity index (χ1v) is 9.27. The number of nitrogens with zero attached hydrogens (tertiary/aromatic N) is 4. The molecule has 0 amide bonds. The van der Waals surface area contributed by atoms with Crippen LogP contribution in [0.5, 0.6) is 0 Å². The number of hydrogen-bond acceptors (Lipinski definition) is 6. The van der Waals surface area contributed by atoms with Gasteiger partial charge in [0.1, 0.15) is 11.6 Å². The summed E-state index contributed by atoms with van der Waals surface area (Å²) in [6.45, 7) is 4.27. The van der Waals surface area contributed by atoms with E-state index >= 15 is 0 Å². The lowest BCUT2D eigenvalue weighted by molar-refractivity contribution is 0.347. The van der Waals surface area contributed by atoms with Crippen molar-refractivity contribution < 1.29 is 0 Å². The number of rotatable bonds is 4. The summed E-state index contributed by atoms with van der Waals surface area (Å²) >= 11 is 1.83. The average molecular weight is 339 g/mol. The molecule has 1 saturated heterocycles. The molecule has 6 heteroatoms. The first-order chi connectivity index (χ1) is 11.7. The van der Waals surface area contributed by atoms with Gasteiger partial charge in [0.25, 0.3) is 0 Å². The zero-order valence-electron chi connectivity index (χ0n) is 14.0. The summed E-state index contributed by atoms with van der Waals surface area (Å²) in [6, 6.07) is 9.86. The second-order valence-electron chi connectivity index (χ2n) is 5.98. The Kier molecular flexibility index (Phi) is 5.34. The van der Waals surface area contributed by atoms with E-state index in [0.717, 1.165) is 24.6 Å². The van der Waals surface area contributed by atoms with Crippen LogP contribution >= 0.6 is 11.9 Å². The van der Waals surface area contributed by atoms with Gasteiger partial charge < -0.3 is 5.32 Å². The van der Waals surface area contributed by atoms with Crippen LogP contribution in [0.2, 0.25) is 0 Å². The summed E-state index contributed by atoms with van der Waals surface area (Å²) in [5.41, 5.74) is 2.92. The maximum Gasteiger partial charge on any atom is 0.132 e. The molecule has 1 N–H and O–H groups in total. The van der Waals surface area contributed by atoms with Crippen molar-refractivity contribution in [2.24, 2.45) is 0 Å². The molecule has 3 heterocycles. The van der Waals surface area contributed by atoms with E-state index in [-0.39, 0.29) is 0 Å². The molecule has 0 atom stereocenters. The lowest BCUT2D eigenvalue weighted by Crippen LogP contribution is -2.27. The van der Waals surface area contributed by atoms with Crippen molar-refractivity contribution in [2.75, 3.05) is 24.7 Å². The fraction of sp³-hybridized carbons (Fsp3) is 0.389. The van der Waals surface area contributed by atoms with Crippen LogP contribution in [-0.2, 0) is 0 Å². The fourth-order valence-corrected chi connectivity index (χ4v) is 3.64. The smallest absolute Gasteiger partial charge is 0.132 e. The number of nitriles is 1. The van der Waals surface area contributed by atoms with E-state index in [0.29, 0.717) is 17.3 Å². The number of aromatic nitrogens is 2. The number of piperidine rings is 1. The summed E-state index contributed by atoms with van der Waals surface area (Å²) < 4.78 is 2.42. The van der Waals surface area contributed by atoms with Gasteiger partial charge in [0.15, 0.2) is 0 Å². The Labute approximate surface area is 147 Å². The quantitative estimate of drug-likeness (QED) is 0.853. The highest BCUT2D eigenvalue weighted by atomic mass is 32.2. The Balaban J connectivity index is 1.78. The van der Waals surface area contributed by atoms with Crippen LogP contribution in [0.15, 0.2) is 30.5 Å². The van der Waals surface area contributed by atoms with Crippen LogP contribution in [0.1, 0.15) is 35.6 Å². The van der Waals surface area contributed by atoms with Gasteiger partial charge in [-0.25, -0.2) is 9.97 Å². The molecule has 0 saturated carbocycles. The van der Waals surface area contributed by atoms with E-state index in [9.17, 15) is 0 Å². The van der Waals surface area contributed by atoms with Gasteiger partial charge >= 0.3 is 0 Å². The van der Waals surface area contributed by atoms with E-state index in [1.807, 2.05) is 18.9 Å². The van der Waals surface area contributed by atoms with Crippen molar-refractivity contribution in [1.29, 1.82) is 5.26 Å². The molecule has 0 radical (unpaired) electrons. The molecule has 0 unspecified atom stereocenters. The average Bonchev–Trinajstić information content (AvgIpc) is 2.61. The number of pyridine rings is 2. The summed E-state index contributed by atoms with van der Waals surface area (Å²) in [5, 5.41) is 12.2. The summed E-state index contributed by atoms with van der Waals surface area (Å²) in [6.07, 6.45) is 6.12. The highest BCUT2D eigenvalue weighted by Gasteiger charge is 2.21. The lowest BCUT2D eigenvalue weighted by Gasteiger charge is -2.30. The molecular weight excluding hydrogens is 318 g/mol. The van der Waals surface area contributed by atoms with Gasteiger partial charge in [0.2, 0.25) is 0 Å². The molecule has 124 valence electrons. The van der Waals surface area contributed by atoms with Crippen molar-refractivity contribution in [3.05, 3.63) is 47.3 Å². The largest absolute Gasteiger partial charge is 0.325 e. The number of hydrogen-bond donors (Lipinski definition) is 1. The van der Waals surface area contributed by atoms with Gasteiger partial charge in [-0.2, -0.15) is 5.26 Å². The summed E-state index contributed by atoms with van der Waals surface area (Å²) in [5.74, 6) is 2.02. The molecule has 0 spiro atoms. The fourth-order valence-electron chi connectivity index (χ4n) is 3.07. The molecule has 0 aliphatic carbocycles. The van der Waals surface area contributed by atoms with E-state index in [4.69, 9.17) is 5.26 Å². The number of anilines is 2. The summed E-state index contributed by atoms with van der Waals surface area (Å²) in [4.78, 5) is 8.83. The minimum Gasteiger partial charge on any atom is -0.325 e. The Hall–Kier alpha value is -2.10. The Morgan fingerprint density at radius 3 is 2.75 bits per heavy atom. The molecule has 3 rings (SSSR count). The number of nitrogens with one attached hydrogen (secondary N) is 1. The van der Waals surface area contributed by atoms with E-state index in [1.165, 1.54) is 18.4 Å². The summed E-state index contributed by atoms with van der Waals surface area (Å²) in [7, 11) is 0. The highest BCUT2D eigenvalue weighted by Crippen LogP contribution is 2.31. The van der Waals surface area contributed by atoms with Gasteiger partial charge in [0, 0.05) is 25.0 Å². The molecule has 1 aliphatic heterocycles. The molecule has 1 aliphatic rings. The van der Waals surface area contributed by atoms with Gasteiger partial charge in [-0.3, -0.25) is 4.31 Å². The van der Waals surface area contributed by atoms with E-state index < -0.39 is 0 Å². The Morgan fingerprint density at radius 2 is 2.04 bits per heavy atom. The predicted octanol–water partition coefficient (Wildman–Crippen LogP) is 3.86. The second kappa shape index (κ2) is 7.65. The van der Waals surface area contributed by atoms with Crippen molar-refractivity contribution >= 4 is 23.6 Å². The molecule has 2 aromatic rings. The molecule has 1 fully saturated rings. The first-order valence-electron chi connectivity index (χ1n) is 8.09. The highest BCUT2D eigenvalue weighted by molar-refractivity contribution is 7.96. The zero-order valence-corrected chi connectivity index (χ0v) is 14.8. The molecule has 0 bridgehead atoms. The number of aryl methyl sites for hydroxylation is 1. The van der Waals surface area contributed by atoms with Crippen molar-refractivity contribution in [3.8, 4) is 6.07 Å². The van der Waals surface area contributed by atoms with Crippen LogP contribution < -0.4 is 5.32 Å². The normalized spacial score (nSPS) is 15.9. The third-order valence-electron chi connectivity index (χ3n) is 4.30. The third kappa shape index (κ3) is 4.05. The maximum atomic E-state index is 9.00. The molecule has 24 heavy (non-hydrogen) atoms. The SMILES string of the molecule is CSN1CCC(c2cc(C)nc(Nc3cc(C#N)ccn3)c2)CC1. The maximum absolute atomic E-state index is 9.00.